The van der Waals surface area contributed by atoms with E-state index in [9.17, 15) is 8.78 Å². The summed E-state index contributed by atoms with van der Waals surface area (Å²) in [5.74, 6) is 5.16. The van der Waals surface area contributed by atoms with Crippen LogP contribution in [0.25, 0.3) is 0 Å². The van der Waals surface area contributed by atoms with Crippen LogP contribution in [-0.4, -0.2) is 24.8 Å². The second-order valence-corrected chi connectivity index (χ2v) is 1.62. The Morgan fingerprint density at radius 1 is 1.58 bits per heavy atom. The van der Waals surface area contributed by atoms with Gasteiger partial charge in [0.25, 0.3) is 0 Å². The van der Waals surface area contributed by atoms with E-state index in [-0.39, 0.29) is 64.5 Å². The van der Waals surface area contributed by atoms with Crippen LogP contribution in [0.5, 0.6) is 0 Å². The van der Waals surface area contributed by atoms with Gasteiger partial charge in [0.1, 0.15) is 0 Å². The first-order valence-electron chi connectivity index (χ1n) is 2.88. The summed E-state index contributed by atoms with van der Waals surface area (Å²) in [7, 11) is 0. The summed E-state index contributed by atoms with van der Waals surface area (Å²) in [6.45, 7) is -2.79. The largest absolute Gasteiger partial charge is 1.00 e. The normalized spacial score (nSPS) is 10.3. The van der Waals surface area contributed by atoms with Crippen LogP contribution in [0.2, 0.25) is 0 Å². The first kappa shape index (κ1) is 15.2. The van der Waals surface area contributed by atoms with Crippen LogP contribution in [0.15, 0.2) is 6.20 Å². The summed E-state index contributed by atoms with van der Waals surface area (Å²) in [4.78, 5) is 0. The summed E-state index contributed by atoms with van der Waals surface area (Å²) < 4.78 is 26.6. The number of ether oxygens (including phenoxy) is 1. The number of hydrazine groups is 1. The van der Waals surface area contributed by atoms with Crippen molar-refractivity contribution in [2.45, 2.75) is 6.61 Å². The molecule has 0 atom stereocenters. The third-order valence-corrected chi connectivity index (χ3v) is 0.816. The standard InChI is InChI=1S/C5H10F2N3O.K/c6-5(7)11-4-3-10(9)2-1-8;/h1,5H,3-4,8-9H2;/q-1;+1. The number of halogens is 2. The molecule has 0 spiro atoms. The molecule has 0 heterocycles. The first-order chi connectivity index (χ1) is 5.16. The Bertz CT molecular complexity index is 125. The monoisotopic (exact) mass is 205 g/mol. The molecule has 0 aliphatic carbocycles. The van der Waals surface area contributed by atoms with Crippen molar-refractivity contribution in [1.82, 2.24) is 5.01 Å². The van der Waals surface area contributed by atoms with Gasteiger partial charge in [0.2, 0.25) is 0 Å². The van der Waals surface area contributed by atoms with E-state index >= 15 is 0 Å². The summed E-state index contributed by atoms with van der Waals surface area (Å²) in [6.07, 6.45) is 3.44. The minimum absolute atomic E-state index is 0. The van der Waals surface area contributed by atoms with Gasteiger partial charge >= 0.3 is 58.0 Å². The average molecular weight is 205 g/mol. The maximum atomic E-state index is 11.3. The van der Waals surface area contributed by atoms with Gasteiger partial charge in [0.05, 0.1) is 6.61 Å². The minimum atomic E-state index is -2.76. The molecule has 0 saturated heterocycles. The molecule has 0 amide bonds. The third-order valence-electron chi connectivity index (χ3n) is 0.816. The average Bonchev–Trinajstić information content (AvgIpc) is 1.87. The van der Waals surface area contributed by atoms with E-state index in [1.165, 1.54) is 0 Å². The molecule has 66 valence electrons. The summed E-state index contributed by atoms with van der Waals surface area (Å²) in [6, 6.07) is 0. The van der Waals surface area contributed by atoms with Gasteiger partial charge in [-0.15, -0.1) is 0 Å². The molecule has 4 nitrogen and oxygen atoms in total. The van der Waals surface area contributed by atoms with Gasteiger partial charge in [-0.25, -0.2) is 0 Å². The van der Waals surface area contributed by atoms with Gasteiger partial charge in [-0.1, -0.05) is 0 Å². The van der Waals surface area contributed by atoms with E-state index < -0.39 is 6.61 Å². The molecule has 0 aromatic heterocycles. The summed E-state index contributed by atoms with van der Waals surface area (Å²) in [5, 5.41) is 1.03. The molecule has 0 aromatic rings. The van der Waals surface area contributed by atoms with Gasteiger partial charge in [-0.3, -0.25) is 5.84 Å². The van der Waals surface area contributed by atoms with Crippen LogP contribution in [0, 0.1) is 6.20 Å². The van der Waals surface area contributed by atoms with E-state index in [1.807, 2.05) is 0 Å². The minimum Gasteiger partial charge on any atom is -0.490 e. The Labute approximate surface area is 112 Å². The Morgan fingerprint density at radius 2 is 2.17 bits per heavy atom. The molecule has 0 saturated carbocycles. The molecule has 4 N–H and O–H groups in total. The number of hydrogen-bond donors (Lipinski definition) is 2. The Balaban J connectivity index is 0. The second-order valence-electron chi connectivity index (χ2n) is 1.62. The first-order valence-corrected chi connectivity index (χ1v) is 2.88. The van der Waals surface area contributed by atoms with Crippen LogP contribution in [0.3, 0.4) is 0 Å². The van der Waals surface area contributed by atoms with E-state index in [1.54, 1.807) is 0 Å². The summed E-state index contributed by atoms with van der Waals surface area (Å²) >= 11 is 0. The van der Waals surface area contributed by atoms with Crippen molar-refractivity contribution in [2.24, 2.45) is 11.6 Å². The molecule has 12 heavy (non-hydrogen) atoms. The smallest absolute Gasteiger partial charge is 0.490 e. The number of hydrogen-bond acceptors (Lipinski definition) is 4. The number of rotatable bonds is 5. The number of alkyl halides is 2. The molecule has 0 rings (SSSR count). The van der Waals surface area contributed by atoms with Crippen molar-refractivity contribution in [1.29, 1.82) is 0 Å². The fourth-order valence-electron chi connectivity index (χ4n) is 0.400. The van der Waals surface area contributed by atoms with Crippen molar-refractivity contribution >= 4 is 0 Å². The van der Waals surface area contributed by atoms with Gasteiger partial charge in [0.15, 0.2) is 0 Å². The van der Waals surface area contributed by atoms with Gasteiger partial charge in [-0.05, 0) is 0 Å². The van der Waals surface area contributed by atoms with Crippen LogP contribution in [0.1, 0.15) is 0 Å². The van der Waals surface area contributed by atoms with Crippen LogP contribution in [0.4, 0.5) is 8.78 Å². The third kappa shape index (κ3) is 10.8. The molecule has 7 heteroatoms. The van der Waals surface area contributed by atoms with Crippen molar-refractivity contribution < 1.29 is 64.9 Å². The van der Waals surface area contributed by atoms with Crippen LogP contribution in [-0.2, 0) is 4.74 Å². The molecule has 0 fully saturated rings. The predicted molar refractivity (Wildman–Crippen MR) is 34.8 cm³/mol. The van der Waals surface area contributed by atoms with Crippen molar-refractivity contribution in [3.05, 3.63) is 12.4 Å². The maximum Gasteiger partial charge on any atom is 1.00 e. The fourth-order valence-corrected chi connectivity index (χ4v) is 0.400. The zero-order chi connectivity index (χ0) is 8.69. The van der Waals surface area contributed by atoms with Crippen LogP contribution < -0.4 is 63.0 Å². The van der Waals surface area contributed by atoms with E-state index in [4.69, 9.17) is 11.6 Å². The predicted octanol–water partition coefficient (Wildman–Crippen LogP) is -3.36. The number of nitrogens with two attached hydrogens (primary N) is 2. The Morgan fingerprint density at radius 3 is 2.58 bits per heavy atom. The number of nitrogens with zero attached hydrogens (tertiary/aromatic N) is 1. The van der Waals surface area contributed by atoms with Gasteiger partial charge < -0.3 is 21.7 Å². The van der Waals surface area contributed by atoms with Crippen LogP contribution >= 0.6 is 0 Å². The fraction of sp³-hybridized carbons (Fsp3) is 0.600. The molecule has 0 aliphatic heterocycles. The molecular weight excluding hydrogens is 195 g/mol. The van der Waals surface area contributed by atoms with Crippen molar-refractivity contribution in [3.8, 4) is 0 Å². The van der Waals surface area contributed by atoms with E-state index in [0.717, 1.165) is 11.2 Å². The zero-order valence-electron chi connectivity index (χ0n) is 6.84. The van der Waals surface area contributed by atoms with Gasteiger partial charge in [0, 0.05) is 6.54 Å². The van der Waals surface area contributed by atoms with E-state index in [0.29, 0.717) is 0 Å². The van der Waals surface area contributed by atoms with Crippen molar-refractivity contribution in [2.75, 3.05) is 13.2 Å². The van der Waals surface area contributed by atoms with Gasteiger partial charge in [-0.2, -0.15) is 15.0 Å². The zero-order valence-corrected chi connectivity index (χ0v) is 9.96. The molecule has 0 radical (unpaired) electrons. The maximum absolute atomic E-state index is 11.3. The second kappa shape index (κ2) is 9.84. The van der Waals surface area contributed by atoms with Crippen molar-refractivity contribution in [3.63, 3.8) is 0 Å². The molecule has 0 bridgehead atoms. The molecule has 0 aliphatic rings. The Hall–Kier alpha value is 0.756. The quantitative estimate of drug-likeness (QED) is 0.162. The SMILES string of the molecule is NC=[C-]N(N)CCOC(F)F.[K+]. The molecule has 0 unspecified atom stereocenters. The van der Waals surface area contributed by atoms with E-state index in [2.05, 4.69) is 10.9 Å². The summed E-state index contributed by atoms with van der Waals surface area (Å²) in [5.41, 5.74) is 4.91. The molecular formula is C5H10F2KN3O. The topological polar surface area (TPSA) is 64.5 Å². The molecule has 0 aromatic carbocycles. The Kier molecular flexibility index (Phi) is 12.5.